The summed E-state index contributed by atoms with van der Waals surface area (Å²) in [7, 11) is 0. The highest BCUT2D eigenvalue weighted by molar-refractivity contribution is 5.78. The van der Waals surface area contributed by atoms with Crippen molar-refractivity contribution in [1.82, 2.24) is 5.32 Å². The van der Waals surface area contributed by atoms with E-state index in [4.69, 9.17) is 5.73 Å². The van der Waals surface area contributed by atoms with Crippen molar-refractivity contribution in [2.24, 2.45) is 17.6 Å². The standard InChI is InChI=1S/C12H24N2O2/c1-9(6-7-13)12(16)14-8-10-2-4-11(15)5-3-10/h9-11,15H,2-8,13H2,1H3,(H,14,16). The molecule has 1 rings (SSSR count). The molecule has 94 valence electrons. The van der Waals surface area contributed by atoms with Gasteiger partial charge >= 0.3 is 0 Å². The average molecular weight is 228 g/mol. The molecule has 4 heteroatoms. The first-order valence-electron chi connectivity index (χ1n) is 6.29. The lowest BCUT2D eigenvalue weighted by atomic mass is 9.87. The molecule has 0 radical (unpaired) electrons. The third-order valence-corrected chi connectivity index (χ3v) is 3.43. The van der Waals surface area contributed by atoms with Gasteiger partial charge in [-0.25, -0.2) is 0 Å². The van der Waals surface area contributed by atoms with Crippen molar-refractivity contribution in [2.75, 3.05) is 13.1 Å². The molecule has 0 aliphatic heterocycles. The Bertz CT molecular complexity index is 213. The van der Waals surface area contributed by atoms with Crippen LogP contribution < -0.4 is 11.1 Å². The maximum absolute atomic E-state index is 11.6. The van der Waals surface area contributed by atoms with E-state index in [2.05, 4.69) is 5.32 Å². The Kier molecular flexibility index (Phi) is 5.77. The molecule has 16 heavy (non-hydrogen) atoms. The lowest BCUT2D eigenvalue weighted by Crippen LogP contribution is -2.35. The predicted octanol–water partition coefficient (Wildman–Crippen LogP) is 0.639. The highest BCUT2D eigenvalue weighted by Gasteiger charge is 2.20. The molecule has 1 saturated carbocycles. The summed E-state index contributed by atoms with van der Waals surface area (Å²) >= 11 is 0. The van der Waals surface area contributed by atoms with Crippen molar-refractivity contribution < 1.29 is 9.90 Å². The minimum Gasteiger partial charge on any atom is -0.393 e. The second-order valence-corrected chi connectivity index (χ2v) is 4.90. The maximum Gasteiger partial charge on any atom is 0.222 e. The number of hydrogen-bond acceptors (Lipinski definition) is 3. The van der Waals surface area contributed by atoms with Gasteiger partial charge in [0.1, 0.15) is 0 Å². The zero-order valence-electron chi connectivity index (χ0n) is 10.1. The highest BCUT2D eigenvalue weighted by Crippen LogP contribution is 2.23. The molecule has 0 aromatic heterocycles. The number of aliphatic hydroxyl groups is 1. The van der Waals surface area contributed by atoms with E-state index in [1.807, 2.05) is 6.92 Å². The quantitative estimate of drug-likeness (QED) is 0.646. The number of amides is 1. The van der Waals surface area contributed by atoms with Gasteiger partial charge in [0.25, 0.3) is 0 Å². The number of carbonyl (C=O) groups is 1. The molecule has 4 nitrogen and oxygen atoms in total. The van der Waals surface area contributed by atoms with E-state index in [0.29, 0.717) is 12.5 Å². The molecule has 1 amide bonds. The van der Waals surface area contributed by atoms with Crippen LogP contribution in [0.5, 0.6) is 0 Å². The highest BCUT2D eigenvalue weighted by atomic mass is 16.3. The van der Waals surface area contributed by atoms with Gasteiger partial charge in [0.2, 0.25) is 5.91 Å². The first kappa shape index (κ1) is 13.5. The van der Waals surface area contributed by atoms with Crippen LogP contribution in [0.1, 0.15) is 39.0 Å². The minimum atomic E-state index is -0.122. The van der Waals surface area contributed by atoms with Crippen LogP contribution in [0.25, 0.3) is 0 Å². The average Bonchev–Trinajstić information content (AvgIpc) is 2.28. The topological polar surface area (TPSA) is 75.4 Å². The van der Waals surface area contributed by atoms with Crippen LogP contribution in [-0.4, -0.2) is 30.2 Å². The van der Waals surface area contributed by atoms with Crippen molar-refractivity contribution in [3.8, 4) is 0 Å². The molecule has 1 aliphatic carbocycles. The van der Waals surface area contributed by atoms with E-state index in [9.17, 15) is 9.90 Å². The van der Waals surface area contributed by atoms with Gasteiger partial charge in [0.15, 0.2) is 0 Å². The van der Waals surface area contributed by atoms with Gasteiger partial charge in [-0.3, -0.25) is 4.79 Å². The van der Waals surface area contributed by atoms with E-state index in [1.54, 1.807) is 0 Å². The van der Waals surface area contributed by atoms with Crippen LogP contribution in [0.3, 0.4) is 0 Å². The summed E-state index contributed by atoms with van der Waals surface area (Å²) < 4.78 is 0. The normalized spacial score (nSPS) is 27.4. The monoisotopic (exact) mass is 228 g/mol. The molecular weight excluding hydrogens is 204 g/mol. The number of nitrogens with two attached hydrogens (primary N) is 1. The van der Waals surface area contributed by atoms with Gasteiger partial charge in [-0.1, -0.05) is 6.92 Å². The second-order valence-electron chi connectivity index (χ2n) is 4.90. The smallest absolute Gasteiger partial charge is 0.222 e. The van der Waals surface area contributed by atoms with Crippen LogP contribution >= 0.6 is 0 Å². The largest absolute Gasteiger partial charge is 0.393 e. The fourth-order valence-electron chi connectivity index (χ4n) is 2.15. The molecule has 0 heterocycles. The Balaban J connectivity index is 2.16. The summed E-state index contributed by atoms with van der Waals surface area (Å²) in [5.41, 5.74) is 5.41. The molecule has 0 aromatic rings. The lowest BCUT2D eigenvalue weighted by Gasteiger charge is -2.25. The second kappa shape index (κ2) is 6.86. The fourth-order valence-corrected chi connectivity index (χ4v) is 2.15. The summed E-state index contributed by atoms with van der Waals surface area (Å²) in [5.74, 6) is 0.660. The van der Waals surface area contributed by atoms with Crippen LogP contribution in [0, 0.1) is 11.8 Å². The van der Waals surface area contributed by atoms with Crippen molar-refractivity contribution in [3.05, 3.63) is 0 Å². The Morgan fingerprint density at radius 2 is 2.06 bits per heavy atom. The SMILES string of the molecule is CC(CCN)C(=O)NCC1CCC(O)CC1. The van der Waals surface area contributed by atoms with Crippen LogP contribution in [0.4, 0.5) is 0 Å². The number of aliphatic hydroxyl groups excluding tert-OH is 1. The van der Waals surface area contributed by atoms with E-state index in [-0.39, 0.29) is 17.9 Å². The van der Waals surface area contributed by atoms with Crippen LogP contribution in [0.2, 0.25) is 0 Å². The van der Waals surface area contributed by atoms with Crippen LogP contribution in [0.15, 0.2) is 0 Å². The Labute approximate surface area is 97.6 Å². The van der Waals surface area contributed by atoms with Gasteiger partial charge in [0, 0.05) is 12.5 Å². The number of nitrogens with one attached hydrogen (secondary N) is 1. The zero-order valence-corrected chi connectivity index (χ0v) is 10.1. The minimum absolute atomic E-state index is 0.0131. The van der Waals surface area contributed by atoms with Crippen molar-refractivity contribution >= 4 is 5.91 Å². The van der Waals surface area contributed by atoms with Gasteiger partial charge in [-0.05, 0) is 44.6 Å². The molecule has 0 bridgehead atoms. The Morgan fingerprint density at radius 1 is 1.44 bits per heavy atom. The number of rotatable bonds is 5. The maximum atomic E-state index is 11.6. The Hall–Kier alpha value is -0.610. The molecule has 1 aliphatic rings. The van der Waals surface area contributed by atoms with Crippen LogP contribution in [-0.2, 0) is 4.79 Å². The third kappa shape index (κ3) is 4.49. The van der Waals surface area contributed by atoms with Crippen molar-refractivity contribution in [1.29, 1.82) is 0 Å². The predicted molar refractivity (Wildman–Crippen MR) is 63.8 cm³/mol. The molecule has 0 saturated heterocycles. The summed E-state index contributed by atoms with van der Waals surface area (Å²) in [4.78, 5) is 11.6. The number of hydrogen-bond donors (Lipinski definition) is 3. The van der Waals surface area contributed by atoms with Gasteiger partial charge in [-0.2, -0.15) is 0 Å². The molecule has 1 unspecified atom stereocenters. The first-order valence-corrected chi connectivity index (χ1v) is 6.29. The summed E-state index contributed by atoms with van der Waals surface area (Å²) in [6, 6.07) is 0. The molecule has 0 spiro atoms. The molecule has 4 N–H and O–H groups in total. The summed E-state index contributed by atoms with van der Waals surface area (Å²) in [5, 5.41) is 12.3. The Morgan fingerprint density at radius 3 is 2.62 bits per heavy atom. The van der Waals surface area contributed by atoms with Crippen molar-refractivity contribution in [2.45, 2.75) is 45.1 Å². The molecular formula is C12H24N2O2. The van der Waals surface area contributed by atoms with E-state index in [0.717, 1.165) is 38.6 Å². The van der Waals surface area contributed by atoms with Gasteiger partial charge in [-0.15, -0.1) is 0 Å². The summed E-state index contributed by atoms with van der Waals surface area (Å²) in [6.45, 7) is 3.22. The van der Waals surface area contributed by atoms with E-state index >= 15 is 0 Å². The molecule has 1 fully saturated rings. The molecule has 0 aromatic carbocycles. The third-order valence-electron chi connectivity index (χ3n) is 3.43. The number of carbonyl (C=O) groups excluding carboxylic acids is 1. The first-order chi connectivity index (χ1) is 7.63. The zero-order chi connectivity index (χ0) is 12.0. The lowest BCUT2D eigenvalue weighted by molar-refractivity contribution is -0.124. The van der Waals surface area contributed by atoms with E-state index < -0.39 is 0 Å². The van der Waals surface area contributed by atoms with Gasteiger partial charge < -0.3 is 16.2 Å². The van der Waals surface area contributed by atoms with Gasteiger partial charge in [0.05, 0.1) is 6.10 Å². The molecule has 1 atom stereocenters. The summed E-state index contributed by atoms with van der Waals surface area (Å²) in [6.07, 6.45) is 4.41. The van der Waals surface area contributed by atoms with Crippen molar-refractivity contribution in [3.63, 3.8) is 0 Å². The fraction of sp³-hybridized carbons (Fsp3) is 0.917. The van der Waals surface area contributed by atoms with E-state index in [1.165, 1.54) is 0 Å².